The van der Waals surface area contributed by atoms with Crippen LogP contribution in [0.25, 0.3) is 0 Å². The molecule has 1 aromatic carbocycles. The van der Waals surface area contributed by atoms with Crippen LogP contribution in [0.4, 0.5) is 0 Å². The van der Waals surface area contributed by atoms with Crippen LogP contribution in [0.2, 0.25) is 0 Å². The molecule has 3 unspecified atom stereocenters. The van der Waals surface area contributed by atoms with E-state index in [9.17, 15) is 22.6 Å². The predicted molar refractivity (Wildman–Crippen MR) is 133 cm³/mol. The van der Waals surface area contributed by atoms with Crippen LogP contribution in [0.3, 0.4) is 0 Å². The summed E-state index contributed by atoms with van der Waals surface area (Å²) in [5.74, 6) is -1.74. The van der Waals surface area contributed by atoms with E-state index in [1.165, 1.54) is 0 Å². The van der Waals surface area contributed by atoms with E-state index < -0.39 is 33.7 Å². The Morgan fingerprint density at radius 1 is 0.771 bits per heavy atom. The second kappa shape index (κ2) is 22.3. The molecule has 0 saturated heterocycles. The number of carbonyl (C=O) groups excluding carboxylic acids is 2. The van der Waals surface area contributed by atoms with E-state index in [2.05, 4.69) is 13.8 Å². The molecule has 1 aromatic rings. The van der Waals surface area contributed by atoms with Crippen LogP contribution in [-0.2, 0) is 29.2 Å². The van der Waals surface area contributed by atoms with Gasteiger partial charge in [-0.3, -0.25) is 9.59 Å². The van der Waals surface area contributed by atoms with Gasteiger partial charge < -0.3 is 14.0 Å². The maximum absolute atomic E-state index is 12.1. The van der Waals surface area contributed by atoms with Gasteiger partial charge in [0.25, 0.3) is 0 Å². The van der Waals surface area contributed by atoms with Crippen LogP contribution >= 0.6 is 0 Å². The van der Waals surface area contributed by atoms with Crippen LogP contribution in [0.15, 0.2) is 36.4 Å². The molecule has 0 aromatic heterocycles. The molecular weight excluding hydrogens is 479 g/mol. The van der Waals surface area contributed by atoms with Crippen molar-refractivity contribution < 1.29 is 61.6 Å². The van der Waals surface area contributed by atoms with Crippen LogP contribution in [0.1, 0.15) is 85.5 Å². The van der Waals surface area contributed by atoms with Crippen molar-refractivity contribution in [2.75, 3.05) is 13.2 Å². The smallest absolute Gasteiger partial charge is 0.747 e. The first-order valence-electron chi connectivity index (χ1n) is 12.5. The summed E-state index contributed by atoms with van der Waals surface area (Å²) in [6, 6.07) is 12.0. The first-order chi connectivity index (χ1) is 16.2. The molecule has 7 nitrogen and oxygen atoms in total. The molecule has 0 aliphatic carbocycles. The largest absolute Gasteiger partial charge is 1.00 e. The van der Waals surface area contributed by atoms with Gasteiger partial charge in [-0.05, 0) is 24.7 Å². The zero-order valence-corrected chi connectivity index (χ0v) is 25.1. The molecule has 0 fully saturated rings. The second-order valence-electron chi connectivity index (χ2n) is 8.49. The van der Waals surface area contributed by atoms with Gasteiger partial charge in [0, 0.05) is 0 Å². The Balaban J connectivity index is 0. The fourth-order valence-corrected chi connectivity index (χ4v) is 3.84. The minimum Gasteiger partial charge on any atom is -0.747 e. The average molecular weight is 523 g/mol. The Hall–Kier alpha value is -0.930. The molecule has 0 amide bonds. The van der Waals surface area contributed by atoms with Crippen molar-refractivity contribution in [3.05, 3.63) is 36.4 Å². The van der Waals surface area contributed by atoms with Gasteiger partial charge >= 0.3 is 41.5 Å². The molecule has 3 atom stereocenters. The minimum absolute atomic E-state index is 0. The van der Waals surface area contributed by atoms with Crippen molar-refractivity contribution in [2.45, 2.75) is 90.7 Å². The monoisotopic (exact) mass is 522 g/mol. The van der Waals surface area contributed by atoms with Crippen molar-refractivity contribution in [1.82, 2.24) is 0 Å². The van der Waals surface area contributed by atoms with Gasteiger partial charge in [0.05, 0.1) is 19.6 Å². The molecule has 0 radical (unpaired) electrons. The number of hydrogen-bond donors (Lipinski definition) is 0. The number of unbranched alkanes of at least 4 members (excludes halogenated alkanes) is 2. The van der Waals surface area contributed by atoms with Crippen LogP contribution in [0, 0.1) is 11.8 Å². The Bertz CT molecular complexity index is 730. The molecule has 0 N–H and O–H groups in total. The third-order valence-electron chi connectivity index (χ3n) is 5.66. The van der Waals surface area contributed by atoms with Crippen LogP contribution in [0.5, 0.6) is 0 Å². The summed E-state index contributed by atoms with van der Waals surface area (Å²) >= 11 is 0. The molecule has 0 aliphatic heterocycles. The molecule has 196 valence electrons. The van der Waals surface area contributed by atoms with Gasteiger partial charge in [-0.2, -0.15) is 0 Å². The summed E-state index contributed by atoms with van der Waals surface area (Å²) in [4.78, 5) is 24.1. The van der Waals surface area contributed by atoms with Gasteiger partial charge in [0.2, 0.25) is 0 Å². The van der Waals surface area contributed by atoms with Gasteiger partial charge in [0.15, 0.2) is 5.25 Å². The summed E-state index contributed by atoms with van der Waals surface area (Å²) in [5.41, 5.74) is 0. The number of ether oxygens (including phenoxy) is 2. The zero-order valence-electron chi connectivity index (χ0n) is 22.2. The SMILES string of the molecule is CCCCC(CC)COC(=O)CC(C(=O)OCC(CC)CCCC)S(=O)(=O)[O-].[Na+].c1ccccc1. The Labute approximate surface area is 234 Å². The molecule has 35 heavy (non-hydrogen) atoms. The molecule has 0 saturated carbocycles. The molecule has 9 heteroatoms. The molecule has 0 spiro atoms. The average Bonchev–Trinajstić information content (AvgIpc) is 2.83. The minimum atomic E-state index is -5.01. The quantitative estimate of drug-likeness (QED) is 0.186. The summed E-state index contributed by atoms with van der Waals surface area (Å²) in [5, 5.41) is -2.06. The van der Waals surface area contributed by atoms with Gasteiger partial charge in [0.1, 0.15) is 10.1 Å². The summed E-state index contributed by atoms with van der Waals surface area (Å²) < 4.78 is 44.6. The maximum Gasteiger partial charge on any atom is 1.00 e. The van der Waals surface area contributed by atoms with E-state index in [0.717, 1.165) is 51.4 Å². The van der Waals surface area contributed by atoms with Crippen molar-refractivity contribution in [3.8, 4) is 0 Å². The zero-order chi connectivity index (χ0) is 25.8. The van der Waals surface area contributed by atoms with E-state index in [1.54, 1.807) is 0 Å². The number of benzene rings is 1. The number of carbonyl (C=O) groups is 2. The molecule has 1 rings (SSSR count). The predicted octanol–water partition coefficient (Wildman–Crippen LogP) is 2.50. The maximum atomic E-state index is 12.1. The standard InChI is InChI=1S/C20H38O7S.C6H6.Na/c1-5-9-11-16(7-3)14-26-19(21)13-18(28(23,24)25)20(22)27-15-17(8-4)12-10-6-2;1-2-4-6-5-3-1;/h16-18H,5-15H2,1-4H3,(H,23,24,25);1-6H;/q;;+1/p-1. The van der Waals surface area contributed by atoms with E-state index in [4.69, 9.17) is 9.47 Å². The Morgan fingerprint density at radius 2 is 1.17 bits per heavy atom. The summed E-state index contributed by atoms with van der Waals surface area (Å²) in [6.07, 6.45) is 6.58. The summed E-state index contributed by atoms with van der Waals surface area (Å²) in [6.45, 7) is 8.26. The van der Waals surface area contributed by atoms with Crippen molar-refractivity contribution in [2.24, 2.45) is 11.8 Å². The van der Waals surface area contributed by atoms with E-state index in [1.807, 2.05) is 50.2 Å². The first-order valence-corrected chi connectivity index (χ1v) is 13.9. The third kappa shape index (κ3) is 18.9. The number of hydrogen-bond acceptors (Lipinski definition) is 7. The van der Waals surface area contributed by atoms with Crippen molar-refractivity contribution in [1.29, 1.82) is 0 Å². The molecule has 0 heterocycles. The second-order valence-corrected chi connectivity index (χ2v) is 10.0. The first kappa shape index (κ1) is 36.2. The van der Waals surface area contributed by atoms with E-state index in [0.29, 0.717) is 0 Å². The summed E-state index contributed by atoms with van der Waals surface area (Å²) in [7, 11) is -5.01. The van der Waals surface area contributed by atoms with Crippen LogP contribution in [-0.4, -0.2) is 43.4 Å². The normalized spacial score (nSPS) is 13.3. The third-order valence-corrected chi connectivity index (χ3v) is 6.71. The van der Waals surface area contributed by atoms with E-state index >= 15 is 0 Å². The molecule has 0 aliphatic rings. The fourth-order valence-electron chi connectivity index (χ4n) is 3.20. The number of rotatable bonds is 16. The molecular formula is C26H43NaO7S. The topological polar surface area (TPSA) is 110 Å². The van der Waals surface area contributed by atoms with Crippen molar-refractivity contribution in [3.63, 3.8) is 0 Å². The van der Waals surface area contributed by atoms with Gasteiger partial charge in [-0.25, -0.2) is 8.42 Å². The fraction of sp³-hybridized carbons (Fsp3) is 0.692. The van der Waals surface area contributed by atoms with E-state index in [-0.39, 0.29) is 54.6 Å². The van der Waals surface area contributed by atoms with Gasteiger partial charge in [-0.1, -0.05) is 103 Å². The molecule has 0 bridgehead atoms. The number of esters is 2. The van der Waals surface area contributed by atoms with Crippen molar-refractivity contribution >= 4 is 22.1 Å². The Morgan fingerprint density at radius 3 is 1.51 bits per heavy atom. The van der Waals surface area contributed by atoms with Crippen LogP contribution < -0.4 is 29.6 Å². The Kier molecular flexibility index (Phi) is 23.1. The van der Waals surface area contributed by atoms with Gasteiger partial charge in [-0.15, -0.1) is 0 Å².